The third-order valence-corrected chi connectivity index (χ3v) is 3.54. The fourth-order valence-corrected chi connectivity index (χ4v) is 2.38. The molecule has 0 aliphatic carbocycles. The number of amides is 2. The highest BCUT2D eigenvalue weighted by atomic mass is 16.6. The lowest BCUT2D eigenvalue weighted by Gasteiger charge is -2.32. The average Bonchev–Trinajstić information content (AvgIpc) is 3.05. The summed E-state index contributed by atoms with van der Waals surface area (Å²) in [6.45, 7) is 9.75. The summed E-state index contributed by atoms with van der Waals surface area (Å²) in [7, 11) is 2.36. The quantitative estimate of drug-likeness (QED) is 0.563. The van der Waals surface area contributed by atoms with Gasteiger partial charge in [0.2, 0.25) is 0 Å². The monoisotopic (exact) mass is 426 g/mol. The van der Waals surface area contributed by atoms with Crippen molar-refractivity contribution >= 4 is 24.1 Å². The van der Waals surface area contributed by atoms with Gasteiger partial charge in [0, 0.05) is 12.6 Å². The van der Waals surface area contributed by atoms with Gasteiger partial charge in [0.25, 0.3) is 0 Å². The maximum absolute atomic E-state index is 12.8. The molecule has 30 heavy (non-hydrogen) atoms. The predicted molar refractivity (Wildman–Crippen MR) is 106 cm³/mol. The van der Waals surface area contributed by atoms with Gasteiger partial charge in [0.1, 0.15) is 22.9 Å². The van der Waals surface area contributed by atoms with Gasteiger partial charge in [-0.15, -0.1) is 0 Å². The minimum Gasteiger partial charge on any atom is -0.467 e. The van der Waals surface area contributed by atoms with Crippen molar-refractivity contribution < 1.29 is 38.1 Å². The van der Waals surface area contributed by atoms with Crippen LogP contribution in [0.1, 0.15) is 57.6 Å². The molecule has 10 heteroatoms. The van der Waals surface area contributed by atoms with Crippen molar-refractivity contribution in [3.63, 3.8) is 0 Å². The van der Waals surface area contributed by atoms with E-state index in [0.29, 0.717) is 10.5 Å². The van der Waals surface area contributed by atoms with Gasteiger partial charge in [0.15, 0.2) is 0 Å². The molecule has 1 aromatic rings. The van der Waals surface area contributed by atoms with Crippen molar-refractivity contribution in [3.05, 3.63) is 23.5 Å². The number of aromatic nitrogens is 1. The van der Waals surface area contributed by atoms with E-state index in [-0.39, 0.29) is 12.1 Å². The topological polar surface area (TPSA) is 124 Å². The lowest BCUT2D eigenvalue weighted by atomic mass is 10.1. The minimum absolute atomic E-state index is 0.140. The molecule has 1 heterocycles. The third-order valence-electron chi connectivity index (χ3n) is 3.54. The molecular weight excluding hydrogens is 396 g/mol. The van der Waals surface area contributed by atoms with Crippen LogP contribution < -0.4 is 0 Å². The lowest BCUT2D eigenvalue weighted by Crippen LogP contribution is -2.53. The number of nitrogens with one attached hydrogen (secondary N) is 1. The lowest BCUT2D eigenvalue weighted by molar-refractivity contribution is -0.146. The van der Waals surface area contributed by atoms with Crippen LogP contribution in [0.15, 0.2) is 12.3 Å². The summed E-state index contributed by atoms with van der Waals surface area (Å²) >= 11 is 0. The van der Waals surface area contributed by atoms with Crippen molar-refractivity contribution in [1.29, 1.82) is 0 Å². The zero-order valence-electron chi connectivity index (χ0n) is 18.7. The number of esters is 2. The first-order valence-corrected chi connectivity index (χ1v) is 9.27. The van der Waals surface area contributed by atoms with Crippen LogP contribution in [-0.4, -0.2) is 65.5 Å². The number of carbonyl (C=O) groups excluding carboxylic acids is 4. The van der Waals surface area contributed by atoms with Gasteiger partial charge in [0.05, 0.1) is 14.2 Å². The van der Waals surface area contributed by atoms with Crippen LogP contribution in [0.2, 0.25) is 0 Å². The number of carbonyl (C=O) groups is 4. The summed E-state index contributed by atoms with van der Waals surface area (Å²) in [5.74, 6) is -1.46. The van der Waals surface area contributed by atoms with Crippen LogP contribution >= 0.6 is 0 Å². The molecule has 0 radical (unpaired) electrons. The normalized spacial score (nSPS) is 12.5. The van der Waals surface area contributed by atoms with Crippen LogP contribution in [-0.2, 0) is 30.2 Å². The number of nitrogens with zero attached hydrogens (tertiary/aromatic N) is 1. The number of rotatable bonds is 5. The van der Waals surface area contributed by atoms with Gasteiger partial charge in [-0.3, -0.25) is 0 Å². The third kappa shape index (κ3) is 7.41. The Labute approximate surface area is 175 Å². The first kappa shape index (κ1) is 25.0. The van der Waals surface area contributed by atoms with Crippen LogP contribution in [0.4, 0.5) is 9.59 Å². The van der Waals surface area contributed by atoms with Crippen molar-refractivity contribution in [2.75, 3.05) is 14.2 Å². The van der Waals surface area contributed by atoms with Gasteiger partial charge in [-0.1, -0.05) is 0 Å². The Morgan fingerprint density at radius 1 is 0.933 bits per heavy atom. The van der Waals surface area contributed by atoms with Crippen molar-refractivity contribution in [3.8, 4) is 0 Å². The molecule has 0 unspecified atom stereocenters. The number of ether oxygens (including phenoxy) is 4. The first-order valence-electron chi connectivity index (χ1n) is 9.27. The number of hydrogen-bond acceptors (Lipinski definition) is 8. The number of imide groups is 1. The summed E-state index contributed by atoms with van der Waals surface area (Å²) in [5.41, 5.74) is -1.24. The molecule has 0 spiro atoms. The molecule has 2 amide bonds. The smallest absolute Gasteiger partial charge is 0.420 e. The van der Waals surface area contributed by atoms with Gasteiger partial charge >= 0.3 is 24.1 Å². The number of methoxy groups -OCH3 is 2. The van der Waals surface area contributed by atoms with E-state index >= 15 is 0 Å². The van der Waals surface area contributed by atoms with Crippen LogP contribution in [0, 0.1) is 0 Å². The maximum atomic E-state index is 12.8. The molecule has 0 fully saturated rings. The average molecular weight is 426 g/mol. The van der Waals surface area contributed by atoms with Crippen LogP contribution in [0.5, 0.6) is 0 Å². The van der Waals surface area contributed by atoms with Crippen molar-refractivity contribution in [2.45, 2.75) is 65.2 Å². The summed E-state index contributed by atoms with van der Waals surface area (Å²) in [5, 5.41) is 0. The van der Waals surface area contributed by atoms with E-state index in [9.17, 15) is 19.2 Å². The van der Waals surface area contributed by atoms with Gasteiger partial charge in [-0.2, -0.15) is 4.90 Å². The van der Waals surface area contributed by atoms with E-state index in [1.807, 2.05) is 0 Å². The van der Waals surface area contributed by atoms with E-state index < -0.39 is 41.4 Å². The largest absolute Gasteiger partial charge is 0.467 e. The summed E-state index contributed by atoms with van der Waals surface area (Å²) < 4.78 is 20.1. The van der Waals surface area contributed by atoms with E-state index in [4.69, 9.17) is 14.2 Å². The summed E-state index contributed by atoms with van der Waals surface area (Å²) in [6.07, 6.45) is -0.796. The molecule has 0 saturated carbocycles. The number of H-pyrrole nitrogens is 1. The molecule has 1 atom stereocenters. The molecule has 0 aliphatic rings. The zero-order chi connectivity index (χ0) is 23.3. The molecule has 0 saturated heterocycles. The number of hydrogen-bond donors (Lipinski definition) is 1. The van der Waals surface area contributed by atoms with Crippen LogP contribution in [0.3, 0.4) is 0 Å². The van der Waals surface area contributed by atoms with E-state index in [1.54, 1.807) is 41.5 Å². The molecular formula is C20H30N2O8. The molecule has 0 aliphatic heterocycles. The minimum atomic E-state index is -1.39. The standard InChI is InChI=1S/C20H30N2O8/c1-19(2,3)29-17(25)22(18(26)30-20(4,5)6)14(16(24)28-8)10-12-9-13(21-11-12)15(23)27-7/h9,11,14,21H,10H2,1-8H3/t14-/m0/s1. The van der Waals surface area contributed by atoms with Gasteiger partial charge in [-0.05, 0) is 53.2 Å². The van der Waals surface area contributed by atoms with E-state index in [1.165, 1.54) is 19.4 Å². The molecule has 0 aromatic carbocycles. The highest BCUT2D eigenvalue weighted by Gasteiger charge is 2.41. The Kier molecular flexibility index (Phi) is 8.03. The van der Waals surface area contributed by atoms with Gasteiger partial charge in [-0.25, -0.2) is 19.2 Å². The van der Waals surface area contributed by atoms with Crippen LogP contribution in [0.25, 0.3) is 0 Å². The Morgan fingerprint density at radius 2 is 1.43 bits per heavy atom. The van der Waals surface area contributed by atoms with Crippen molar-refractivity contribution in [2.24, 2.45) is 0 Å². The zero-order valence-corrected chi connectivity index (χ0v) is 18.7. The molecule has 1 N–H and O–H groups in total. The SMILES string of the molecule is COC(=O)c1cc(C[C@@H](C(=O)OC)N(C(=O)OC(C)(C)C)C(=O)OC(C)(C)C)c[nH]1. The Hall–Kier alpha value is -3.04. The Morgan fingerprint density at radius 3 is 1.83 bits per heavy atom. The Balaban J connectivity index is 3.33. The van der Waals surface area contributed by atoms with Gasteiger partial charge < -0.3 is 23.9 Å². The number of aromatic amines is 1. The molecule has 1 aromatic heterocycles. The fourth-order valence-electron chi connectivity index (χ4n) is 2.38. The first-order chi connectivity index (χ1) is 13.7. The summed E-state index contributed by atoms with van der Waals surface area (Å²) in [6, 6.07) is 0.0606. The predicted octanol–water partition coefficient (Wildman–Crippen LogP) is 3.06. The second-order valence-electron chi connectivity index (χ2n) is 8.49. The second-order valence-corrected chi connectivity index (χ2v) is 8.49. The van der Waals surface area contributed by atoms with Crippen molar-refractivity contribution in [1.82, 2.24) is 9.88 Å². The molecule has 168 valence electrons. The van der Waals surface area contributed by atoms with E-state index in [2.05, 4.69) is 9.72 Å². The molecule has 0 bridgehead atoms. The maximum Gasteiger partial charge on any atom is 0.420 e. The van der Waals surface area contributed by atoms with E-state index in [0.717, 1.165) is 7.11 Å². The second kappa shape index (κ2) is 9.64. The highest BCUT2D eigenvalue weighted by Crippen LogP contribution is 2.20. The highest BCUT2D eigenvalue weighted by molar-refractivity contribution is 5.94. The Bertz CT molecular complexity index is 757. The molecule has 10 nitrogen and oxygen atoms in total. The fraction of sp³-hybridized carbons (Fsp3) is 0.600. The summed E-state index contributed by atoms with van der Waals surface area (Å²) in [4.78, 5) is 53.1. The molecule has 1 rings (SSSR count).